The molecule has 0 aromatic carbocycles. The molecule has 0 saturated carbocycles. The first kappa shape index (κ1) is 18.3. The van der Waals surface area contributed by atoms with Crippen LogP contribution >= 0.6 is 0 Å². The first-order valence-corrected chi connectivity index (χ1v) is 7.83. The molecule has 0 aromatic heterocycles. The van der Waals surface area contributed by atoms with Gasteiger partial charge in [-0.25, -0.2) is 4.39 Å². The second kappa shape index (κ2) is 8.07. The number of hydrogen-bond acceptors (Lipinski definition) is 1. The summed E-state index contributed by atoms with van der Waals surface area (Å²) in [6.45, 7) is 10.1. The van der Waals surface area contributed by atoms with Crippen LogP contribution in [0.3, 0.4) is 0 Å². The number of hydrogen-bond donors (Lipinski definition) is 0. The quantitative estimate of drug-likeness (QED) is 0.345. The van der Waals surface area contributed by atoms with E-state index in [0.717, 1.165) is 30.3 Å². The minimum atomic E-state index is -0.189. The molecule has 0 heterocycles. The smallest absolute Gasteiger partial charge is 0.143 e. The number of halogens is 1. The van der Waals surface area contributed by atoms with Crippen LogP contribution < -0.4 is 0 Å². The largest absolute Gasteiger partial charge is 0.299 e. The molecule has 2 heteroatoms. The average Bonchev–Trinajstić information content (AvgIpc) is 2.42. The van der Waals surface area contributed by atoms with E-state index >= 15 is 0 Å². The summed E-state index contributed by atoms with van der Waals surface area (Å²) in [5.41, 5.74) is 3.90. The van der Waals surface area contributed by atoms with Crippen LogP contribution in [0.25, 0.3) is 0 Å². The Morgan fingerprint density at radius 2 is 1.91 bits per heavy atom. The minimum Gasteiger partial charge on any atom is -0.299 e. The SMILES string of the molecule is CC(C=CC=C(C)C(F)=CC1=C(C)CCCC1(C)C)=CC=O. The second-order valence-corrected chi connectivity index (χ2v) is 6.68. The molecule has 0 radical (unpaired) electrons. The lowest BCUT2D eigenvalue weighted by Gasteiger charge is -2.33. The van der Waals surface area contributed by atoms with Gasteiger partial charge in [0, 0.05) is 0 Å². The maximum atomic E-state index is 14.4. The highest BCUT2D eigenvalue weighted by atomic mass is 19.1. The predicted molar refractivity (Wildman–Crippen MR) is 92.2 cm³/mol. The molecule has 0 amide bonds. The van der Waals surface area contributed by atoms with E-state index in [9.17, 15) is 9.18 Å². The van der Waals surface area contributed by atoms with Gasteiger partial charge in [0.1, 0.15) is 12.1 Å². The van der Waals surface area contributed by atoms with Crippen LogP contribution in [0.15, 0.2) is 58.5 Å². The van der Waals surface area contributed by atoms with Crippen molar-refractivity contribution in [3.05, 3.63) is 58.5 Å². The highest BCUT2D eigenvalue weighted by Gasteiger charge is 2.27. The first-order valence-electron chi connectivity index (χ1n) is 7.83. The molecule has 0 saturated heterocycles. The van der Waals surface area contributed by atoms with Crippen molar-refractivity contribution in [2.75, 3.05) is 0 Å². The lowest BCUT2D eigenvalue weighted by molar-refractivity contribution is -0.104. The van der Waals surface area contributed by atoms with Gasteiger partial charge in [0.15, 0.2) is 0 Å². The Morgan fingerprint density at radius 3 is 2.50 bits per heavy atom. The molecule has 1 aliphatic carbocycles. The zero-order valence-corrected chi connectivity index (χ0v) is 14.4. The molecule has 0 atom stereocenters. The van der Waals surface area contributed by atoms with Crippen LogP contribution in [0.4, 0.5) is 4.39 Å². The third-order valence-electron chi connectivity index (χ3n) is 4.23. The van der Waals surface area contributed by atoms with Crippen molar-refractivity contribution >= 4 is 6.29 Å². The van der Waals surface area contributed by atoms with E-state index in [1.807, 2.05) is 6.92 Å². The molecule has 0 fully saturated rings. The van der Waals surface area contributed by atoms with Gasteiger partial charge < -0.3 is 0 Å². The molecule has 1 aliphatic rings. The summed E-state index contributed by atoms with van der Waals surface area (Å²) in [4.78, 5) is 10.3. The van der Waals surface area contributed by atoms with Crippen molar-refractivity contribution in [1.29, 1.82) is 0 Å². The Balaban J connectivity index is 2.96. The lowest BCUT2D eigenvalue weighted by atomic mass is 9.72. The van der Waals surface area contributed by atoms with Gasteiger partial charge in [-0.1, -0.05) is 37.6 Å². The van der Waals surface area contributed by atoms with Gasteiger partial charge in [-0.15, -0.1) is 0 Å². The lowest BCUT2D eigenvalue weighted by Crippen LogP contribution is -2.19. The van der Waals surface area contributed by atoms with Gasteiger partial charge in [0.05, 0.1) is 0 Å². The average molecular weight is 302 g/mol. The third-order valence-corrected chi connectivity index (χ3v) is 4.23. The number of carbonyl (C=O) groups excluding carboxylic acids is 1. The maximum absolute atomic E-state index is 14.4. The Morgan fingerprint density at radius 1 is 1.23 bits per heavy atom. The summed E-state index contributed by atoms with van der Waals surface area (Å²) in [5, 5.41) is 0. The number of aldehydes is 1. The topological polar surface area (TPSA) is 17.1 Å². The molecule has 0 bridgehead atoms. The van der Waals surface area contributed by atoms with Crippen molar-refractivity contribution in [3.8, 4) is 0 Å². The molecule has 120 valence electrons. The van der Waals surface area contributed by atoms with Crippen LogP contribution in [0, 0.1) is 5.41 Å². The molecule has 0 unspecified atom stereocenters. The van der Waals surface area contributed by atoms with Gasteiger partial charge in [0.25, 0.3) is 0 Å². The van der Waals surface area contributed by atoms with Gasteiger partial charge >= 0.3 is 0 Å². The summed E-state index contributed by atoms with van der Waals surface area (Å²) in [5.74, 6) is -0.189. The number of rotatable bonds is 5. The Hall–Kier alpha value is -1.70. The molecule has 0 N–H and O–H groups in total. The summed E-state index contributed by atoms with van der Waals surface area (Å²) in [6, 6.07) is 0. The van der Waals surface area contributed by atoms with Crippen molar-refractivity contribution in [2.45, 2.75) is 53.9 Å². The van der Waals surface area contributed by atoms with Crippen molar-refractivity contribution < 1.29 is 9.18 Å². The fraction of sp³-hybridized carbons (Fsp3) is 0.450. The molecule has 1 nitrogen and oxygen atoms in total. The van der Waals surface area contributed by atoms with E-state index in [1.54, 1.807) is 31.2 Å². The Bertz CT molecular complexity index is 569. The van der Waals surface area contributed by atoms with Crippen LogP contribution in [0.5, 0.6) is 0 Å². The minimum absolute atomic E-state index is 0.0408. The summed E-state index contributed by atoms with van der Waals surface area (Å²) in [6.07, 6.45) is 12.6. The molecule has 22 heavy (non-hydrogen) atoms. The highest BCUT2D eigenvalue weighted by molar-refractivity contribution is 5.66. The third kappa shape index (κ3) is 5.25. The molecule has 0 aromatic rings. The van der Waals surface area contributed by atoms with Crippen LogP contribution in [-0.2, 0) is 4.79 Å². The van der Waals surface area contributed by atoms with Crippen molar-refractivity contribution in [2.24, 2.45) is 5.41 Å². The van der Waals surface area contributed by atoms with Crippen molar-refractivity contribution in [3.63, 3.8) is 0 Å². The molecular formula is C20H27FO. The van der Waals surface area contributed by atoms with E-state index in [0.29, 0.717) is 5.57 Å². The van der Waals surface area contributed by atoms with E-state index in [1.165, 1.54) is 18.1 Å². The number of allylic oxidation sites excluding steroid dienone is 10. The van der Waals surface area contributed by atoms with E-state index < -0.39 is 0 Å². The van der Waals surface area contributed by atoms with E-state index in [-0.39, 0.29) is 11.2 Å². The standard InChI is InChI=1S/C20H27FO/c1-15(11-13-22)8-6-9-17(3)19(21)14-18-16(2)10-7-12-20(18,4)5/h6,8-9,11,13-14H,7,10,12H2,1-5H3. The van der Waals surface area contributed by atoms with Gasteiger partial charge in [-0.05, 0) is 74.3 Å². The van der Waals surface area contributed by atoms with Crippen LogP contribution in [0.2, 0.25) is 0 Å². The number of carbonyl (C=O) groups is 1. The fourth-order valence-electron chi connectivity index (χ4n) is 2.79. The highest BCUT2D eigenvalue weighted by Crippen LogP contribution is 2.41. The molecule has 0 aliphatic heterocycles. The second-order valence-electron chi connectivity index (χ2n) is 6.68. The Kier molecular flexibility index (Phi) is 6.73. The summed E-state index contributed by atoms with van der Waals surface area (Å²) in [7, 11) is 0. The fourth-order valence-corrected chi connectivity index (χ4v) is 2.79. The van der Waals surface area contributed by atoms with E-state index in [4.69, 9.17) is 0 Å². The van der Waals surface area contributed by atoms with E-state index in [2.05, 4.69) is 20.8 Å². The Labute approximate surface area is 134 Å². The molecule has 1 rings (SSSR count). The summed E-state index contributed by atoms with van der Waals surface area (Å²) >= 11 is 0. The monoisotopic (exact) mass is 302 g/mol. The van der Waals surface area contributed by atoms with Gasteiger partial charge in [-0.3, -0.25) is 4.79 Å². The van der Waals surface area contributed by atoms with Crippen LogP contribution in [-0.4, -0.2) is 6.29 Å². The maximum Gasteiger partial charge on any atom is 0.143 e. The zero-order valence-electron chi connectivity index (χ0n) is 14.4. The normalized spacial score (nSPS) is 20.7. The zero-order chi connectivity index (χ0) is 16.8. The summed E-state index contributed by atoms with van der Waals surface area (Å²) < 4.78 is 14.4. The van der Waals surface area contributed by atoms with Gasteiger partial charge in [-0.2, -0.15) is 0 Å². The van der Waals surface area contributed by atoms with Crippen LogP contribution in [0.1, 0.15) is 53.9 Å². The molecule has 0 spiro atoms. The van der Waals surface area contributed by atoms with Crippen molar-refractivity contribution in [1.82, 2.24) is 0 Å². The molecular weight excluding hydrogens is 275 g/mol. The van der Waals surface area contributed by atoms with Gasteiger partial charge in [0.2, 0.25) is 0 Å². The first-order chi connectivity index (χ1) is 10.3. The predicted octanol–water partition coefficient (Wildman–Crippen LogP) is 6.01.